The zero-order chi connectivity index (χ0) is 21.1. The lowest BCUT2D eigenvalue weighted by Gasteiger charge is -2.37. The first kappa shape index (κ1) is 20.4. The van der Waals surface area contributed by atoms with E-state index in [1.807, 2.05) is 0 Å². The second kappa shape index (κ2) is 8.88. The Morgan fingerprint density at radius 2 is 1.90 bits per heavy atom. The van der Waals surface area contributed by atoms with Gasteiger partial charge in [-0.1, -0.05) is 0 Å². The summed E-state index contributed by atoms with van der Waals surface area (Å²) in [5, 5.41) is 5.54. The van der Waals surface area contributed by atoms with E-state index >= 15 is 0 Å². The number of amides is 3. The first-order valence-electron chi connectivity index (χ1n) is 10.2. The normalized spacial score (nSPS) is 22.0. The van der Waals surface area contributed by atoms with Gasteiger partial charge in [0.25, 0.3) is 0 Å². The zero-order valence-electron chi connectivity index (χ0n) is 17.1. The van der Waals surface area contributed by atoms with E-state index < -0.39 is 6.04 Å². The second-order valence-electron chi connectivity index (χ2n) is 7.79. The molecule has 1 atom stereocenters. The maximum atomic E-state index is 12.9. The van der Waals surface area contributed by atoms with Crippen LogP contribution in [0.5, 0.6) is 11.5 Å². The monoisotopic (exact) mass is 417 g/mol. The van der Waals surface area contributed by atoms with Gasteiger partial charge >= 0.3 is 0 Å². The lowest BCUT2D eigenvalue weighted by atomic mass is 10.1. The predicted octanol–water partition coefficient (Wildman–Crippen LogP) is -0.682. The molecule has 3 amide bonds. The van der Waals surface area contributed by atoms with Crippen LogP contribution < -0.4 is 20.1 Å². The van der Waals surface area contributed by atoms with Crippen molar-refractivity contribution < 1.29 is 23.9 Å². The maximum Gasteiger partial charge on any atom is 0.243 e. The molecule has 0 aliphatic carbocycles. The predicted molar refractivity (Wildman–Crippen MR) is 108 cm³/mol. The summed E-state index contributed by atoms with van der Waals surface area (Å²) in [6, 6.07) is 4.30. The molecule has 2 fully saturated rings. The van der Waals surface area contributed by atoms with Crippen molar-refractivity contribution in [2.45, 2.75) is 12.5 Å². The van der Waals surface area contributed by atoms with Crippen molar-refractivity contribution in [2.24, 2.45) is 0 Å². The van der Waals surface area contributed by atoms with Gasteiger partial charge in [0.1, 0.15) is 6.04 Å². The van der Waals surface area contributed by atoms with Crippen molar-refractivity contribution in [3.05, 3.63) is 18.2 Å². The van der Waals surface area contributed by atoms with Gasteiger partial charge < -0.3 is 29.9 Å². The van der Waals surface area contributed by atoms with Crippen molar-refractivity contribution in [1.29, 1.82) is 0 Å². The molecule has 0 saturated carbocycles. The van der Waals surface area contributed by atoms with E-state index in [0.717, 1.165) is 26.2 Å². The lowest BCUT2D eigenvalue weighted by molar-refractivity contribution is -0.145. The van der Waals surface area contributed by atoms with Gasteiger partial charge in [-0.3, -0.25) is 19.3 Å². The van der Waals surface area contributed by atoms with E-state index in [0.29, 0.717) is 30.3 Å². The third-order valence-corrected chi connectivity index (χ3v) is 5.64. The number of benzene rings is 1. The van der Waals surface area contributed by atoms with E-state index in [2.05, 4.69) is 27.5 Å². The molecule has 3 aliphatic rings. The molecule has 2 N–H and O–H groups in total. The summed E-state index contributed by atoms with van der Waals surface area (Å²) in [7, 11) is 2.06. The molecule has 3 aliphatic heterocycles. The Morgan fingerprint density at radius 3 is 2.70 bits per heavy atom. The van der Waals surface area contributed by atoms with Gasteiger partial charge in [0.05, 0.1) is 13.0 Å². The molecule has 10 heteroatoms. The van der Waals surface area contributed by atoms with Crippen LogP contribution in [0.4, 0.5) is 5.69 Å². The van der Waals surface area contributed by atoms with Crippen molar-refractivity contribution >= 4 is 23.4 Å². The highest BCUT2D eigenvalue weighted by atomic mass is 16.7. The molecule has 30 heavy (non-hydrogen) atoms. The average Bonchev–Trinajstić information content (AvgIpc) is 3.19. The van der Waals surface area contributed by atoms with E-state index in [-0.39, 0.29) is 37.5 Å². The fraction of sp³-hybridized carbons (Fsp3) is 0.550. The highest BCUT2D eigenvalue weighted by molar-refractivity contribution is 5.97. The summed E-state index contributed by atoms with van der Waals surface area (Å²) in [5.41, 5.74) is 0.552. The number of rotatable bonds is 5. The molecule has 3 heterocycles. The number of fused-ring (bicyclic) bond motifs is 1. The molecule has 0 spiro atoms. The smallest absolute Gasteiger partial charge is 0.243 e. The highest BCUT2D eigenvalue weighted by Gasteiger charge is 2.35. The topological polar surface area (TPSA) is 103 Å². The van der Waals surface area contributed by atoms with Crippen LogP contribution in [-0.4, -0.2) is 98.1 Å². The van der Waals surface area contributed by atoms with Crippen LogP contribution in [0.3, 0.4) is 0 Å². The molecule has 1 aromatic carbocycles. The van der Waals surface area contributed by atoms with Crippen LogP contribution in [0, 0.1) is 0 Å². The minimum absolute atomic E-state index is 0.102. The van der Waals surface area contributed by atoms with Crippen LogP contribution in [-0.2, 0) is 14.4 Å². The molecular formula is C20H27N5O5. The van der Waals surface area contributed by atoms with Crippen molar-refractivity contribution in [2.75, 3.05) is 65.0 Å². The number of hydrogen-bond acceptors (Lipinski definition) is 7. The molecule has 0 unspecified atom stereocenters. The SMILES string of the molecule is CN1CCN(CC(=O)N2CCNC(=O)[C@@H]2CC(=O)Nc2ccc3c(c2)OCO3)CC1. The number of ether oxygens (including phenoxy) is 2. The molecule has 162 valence electrons. The summed E-state index contributed by atoms with van der Waals surface area (Å²) in [4.78, 5) is 43.8. The summed E-state index contributed by atoms with van der Waals surface area (Å²) >= 11 is 0. The fourth-order valence-corrected chi connectivity index (χ4v) is 3.87. The quantitative estimate of drug-likeness (QED) is 0.654. The van der Waals surface area contributed by atoms with E-state index in [9.17, 15) is 14.4 Å². The molecule has 0 radical (unpaired) electrons. The molecule has 10 nitrogen and oxygen atoms in total. The van der Waals surface area contributed by atoms with Crippen molar-refractivity contribution in [1.82, 2.24) is 20.0 Å². The standard InChI is InChI=1S/C20H27N5O5/c1-23-6-8-24(9-7-23)12-19(27)25-5-4-21-20(28)15(25)11-18(26)22-14-2-3-16-17(10-14)30-13-29-16/h2-3,10,15H,4-9,11-13H2,1H3,(H,21,28)(H,22,26)/t15-/m0/s1. The number of piperazine rings is 2. The Bertz CT molecular complexity index is 824. The summed E-state index contributed by atoms with van der Waals surface area (Å²) in [6.45, 7) is 4.67. The van der Waals surface area contributed by atoms with Crippen LogP contribution in [0.15, 0.2) is 18.2 Å². The first-order chi connectivity index (χ1) is 14.5. The Labute approximate surface area is 175 Å². The minimum atomic E-state index is -0.812. The number of nitrogens with one attached hydrogen (secondary N) is 2. The summed E-state index contributed by atoms with van der Waals surface area (Å²) in [5.74, 6) is 0.435. The number of carbonyl (C=O) groups is 3. The van der Waals surface area contributed by atoms with Crippen molar-refractivity contribution in [3.63, 3.8) is 0 Å². The summed E-state index contributed by atoms with van der Waals surface area (Å²) < 4.78 is 10.6. The lowest BCUT2D eigenvalue weighted by Crippen LogP contribution is -2.60. The van der Waals surface area contributed by atoms with Crippen LogP contribution >= 0.6 is 0 Å². The molecule has 0 bridgehead atoms. The van der Waals surface area contributed by atoms with Gasteiger partial charge in [-0.2, -0.15) is 0 Å². The van der Waals surface area contributed by atoms with Crippen LogP contribution in [0.25, 0.3) is 0 Å². The van der Waals surface area contributed by atoms with Gasteiger partial charge in [-0.05, 0) is 19.2 Å². The van der Waals surface area contributed by atoms with Crippen LogP contribution in [0.2, 0.25) is 0 Å². The molecule has 4 rings (SSSR count). The number of likely N-dealkylation sites (N-methyl/N-ethyl adjacent to an activating group) is 1. The van der Waals surface area contributed by atoms with Gasteiger partial charge in [0.15, 0.2) is 11.5 Å². The van der Waals surface area contributed by atoms with Gasteiger partial charge in [0.2, 0.25) is 24.5 Å². The first-order valence-corrected chi connectivity index (χ1v) is 10.2. The summed E-state index contributed by atoms with van der Waals surface area (Å²) in [6.07, 6.45) is -0.102. The van der Waals surface area contributed by atoms with Gasteiger partial charge in [-0.25, -0.2) is 0 Å². The zero-order valence-corrected chi connectivity index (χ0v) is 17.1. The minimum Gasteiger partial charge on any atom is -0.454 e. The molecule has 1 aromatic rings. The van der Waals surface area contributed by atoms with Crippen molar-refractivity contribution in [3.8, 4) is 11.5 Å². The Balaban J connectivity index is 1.36. The number of nitrogens with zero attached hydrogens (tertiary/aromatic N) is 3. The maximum absolute atomic E-state index is 12.9. The van der Waals surface area contributed by atoms with Gasteiger partial charge in [-0.15, -0.1) is 0 Å². The third kappa shape index (κ3) is 4.65. The highest BCUT2D eigenvalue weighted by Crippen LogP contribution is 2.34. The molecule has 2 saturated heterocycles. The third-order valence-electron chi connectivity index (χ3n) is 5.64. The Morgan fingerprint density at radius 1 is 1.13 bits per heavy atom. The van der Waals surface area contributed by atoms with Crippen LogP contribution in [0.1, 0.15) is 6.42 Å². The second-order valence-corrected chi connectivity index (χ2v) is 7.79. The number of carbonyl (C=O) groups excluding carboxylic acids is 3. The number of anilines is 1. The van der Waals surface area contributed by atoms with E-state index in [1.165, 1.54) is 4.90 Å². The fourth-order valence-electron chi connectivity index (χ4n) is 3.87. The Kier molecular flexibility index (Phi) is 6.05. The average molecular weight is 417 g/mol. The molecule has 0 aromatic heterocycles. The van der Waals surface area contributed by atoms with E-state index in [4.69, 9.17) is 9.47 Å². The van der Waals surface area contributed by atoms with E-state index in [1.54, 1.807) is 18.2 Å². The Hall–Kier alpha value is -2.85. The van der Waals surface area contributed by atoms with Gasteiger partial charge in [0, 0.05) is 51.0 Å². The largest absolute Gasteiger partial charge is 0.454 e. The number of hydrogen-bond donors (Lipinski definition) is 2. The molecular weight excluding hydrogens is 390 g/mol.